The molecule has 0 aliphatic heterocycles. The highest BCUT2D eigenvalue weighted by atomic mass is 32.1. The van der Waals surface area contributed by atoms with Gasteiger partial charge in [0, 0.05) is 21.0 Å². The average Bonchev–Trinajstić information content (AvgIpc) is 2.71. The number of thiophene rings is 1. The Bertz CT molecular complexity index is 527. The Hall–Kier alpha value is -1.19. The summed E-state index contributed by atoms with van der Waals surface area (Å²) in [5, 5.41) is 6.06. The number of rotatable bonds is 3. The molecular formula is C13H15NOS. The van der Waals surface area contributed by atoms with Crippen LogP contribution in [0.15, 0.2) is 29.6 Å². The van der Waals surface area contributed by atoms with Gasteiger partial charge in [0.05, 0.1) is 5.54 Å². The van der Waals surface area contributed by atoms with Crippen LogP contribution in [0.3, 0.4) is 0 Å². The van der Waals surface area contributed by atoms with Gasteiger partial charge >= 0.3 is 0 Å². The molecule has 84 valence electrons. The second-order valence-electron chi connectivity index (χ2n) is 4.35. The molecule has 0 spiro atoms. The number of carbonyl (C=O) groups is 1. The third kappa shape index (κ3) is 1.77. The van der Waals surface area contributed by atoms with E-state index in [0.29, 0.717) is 0 Å². The number of hydrogen-bond donors (Lipinski definition) is 1. The fourth-order valence-corrected chi connectivity index (χ4v) is 2.54. The van der Waals surface area contributed by atoms with Crippen molar-refractivity contribution in [2.24, 2.45) is 0 Å². The molecular weight excluding hydrogens is 218 g/mol. The zero-order valence-electron chi connectivity index (χ0n) is 9.70. The van der Waals surface area contributed by atoms with Gasteiger partial charge in [-0.15, -0.1) is 11.3 Å². The molecule has 16 heavy (non-hydrogen) atoms. The van der Waals surface area contributed by atoms with Gasteiger partial charge in [-0.2, -0.15) is 0 Å². The van der Waals surface area contributed by atoms with Gasteiger partial charge in [0.25, 0.3) is 0 Å². The first kappa shape index (κ1) is 11.3. The molecule has 2 rings (SSSR count). The van der Waals surface area contributed by atoms with E-state index < -0.39 is 5.54 Å². The highest BCUT2D eigenvalue weighted by Crippen LogP contribution is 2.28. The summed E-state index contributed by atoms with van der Waals surface area (Å²) in [6.45, 7) is 3.81. The van der Waals surface area contributed by atoms with Gasteiger partial charge in [-0.25, -0.2) is 0 Å². The number of likely N-dealkylation sites (N-methyl/N-ethyl adjacent to an activating group) is 1. The molecule has 3 heteroatoms. The molecule has 0 atom stereocenters. The fourth-order valence-electron chi connectivity index (χ4n) is 1.60. The predicted octanol–water partition coefficient (Wildman–Crippen LogP) is 3.08. The molecule has 0 amide bonds. The van der Waals surface area contributed by atoms with Gasteiger partial charge in [-0.1, -0.05) is 18.2 Å². The maximum atomic E-state index is 12.3. The number of nitrogens with one attached hydrogen (secondary N) is 1. The molecule has 0 aliphatic rings. The Morgan fingerprint density at radius 2 is 2.00 bits per heavy atom. The van der Waals surface area contributed by atoms with E-state index in [4.69, 9.17) is 0 Å². The molecule has 0 saturated carbocycles. The summed E-state index contributed by atoms with van der Waals surface area (Å²) in [5.74, 6) is 0.146. The van der Waals surface area contributed by atoms with Crippen LogP contribution in [0.1, 0.15) is 24.2 Å². The smallest absolute Gasteiger partial charge is 0.183 e. The zero-order valence-corrected chi connectivity index (χ0v) is 10.5. The van der Waals surface area contributed by atoms with Crippen LogP contribution in [0.2, 0.25) is 0 Å². The van der Waals surface area contributed by atoms with Gasteiger partial charge in [-0.05, 0) is 27.0 Å². The SMILES string of the molecule is CNC(C)(C)C(=O)c1csc2ccccc12. The van der Waals surface area contributed by atoms with Crippen LogP contribution >= 0.6 is 11.3 Å². The Kier molecular flexibility index (Phi) is 2.82. The molecule has 0 radical (unpaired) electrons. The summed E-state index contributed by atoms with van der Waals surface area (Å²) in [4.78, 5) is 12.3. The minimum absolute atomic E-state index is 0.146. The monoisotopic (exact) mass is 233 g/mol. The Balaban J connectivity index is 2.52. The number of fused-ring (bicyclic) bond motifs is 1. The lowest BCUT2D eigenvalue weighted by Gasteiger charge is -2.21. The summed E-state index contributed by atoms with van der Waals surface area (Å²) in [6, 6.07) is 8.02. The third-order valence-corrected chi connectivity index (χ3v) is 3.88. The van der Waals surface area contributed by atoms with Gasteiger partial charge in [0.1, 0.15) is 0 Å². The van der Waals surface area contributed by atoms with Crippen molar-refractivity contribution in [3.05, 3.63) is 35.2 Å². The molecule has 1 aromatic heterocycles. The predicted molar refractivity (Wildman–Crippen MR) is 69.3 cm³/mol. The molecule has 2 nitrogen and oxygen atoms in total. The van der Waals surface area contributed by atoms with E-state index in [1.807, 2.05) is 50.5 Å². The van der Waals surface area contributed by atoms with Crippen molar-refractivity contribution in [1.82, 2.24) is 5.32 Å². The molecule has 0 fully saturated rings. The molecule has 2 aromatic rings. The number of ketones is 1. The molecule has 0 saturated heterocycles. The van der Waals surface area contributed by atoms with Crippen LogP contribution < -0.4 is 5.32 Å². The maximum Gasteiger partial charge on any atom is 0.183 e. The standard InChI is InChI=1S/C13H15NOS/c1-13(2,14-3)12(15)10-8-16-11-7-5-4-6-9(10)11/h4-8,14H,1-3H3. The third-order valence-electron chi connectivity index (χ3n) is 2.92. The summed E-state index contributed by atoms with van der Waals surface area (Å²) < 4.78 is 1.16. The van der Waals surface area contributed by atoms with E-state index >= 15 is 0 Å². The molecule has 1 N–H and O–H groups in total. The first-order valence-electron chi connectivity index (χ1n) is 5.26. The van der Waals surface area contributed by atoms with Crippen LogP contribution in [0.25, 0.3) is 10.1 Å². The van der Waals surface area contributed by atoms with E-state index in [1.54, 1.807) is 11.3 Å². The van der Waals surface area contributed by atoms with Crippen LogP contribution in [0.4, 0.5) is 0 Å². The average molecular weight is 233 g/mol. The first-order chi connectivity index (χ1) is 7.56. The van der Waals surface area contributed by atoms with Crippen molar-refractivity contribution >= 4 is 27.2 Å². The highest BCUT2D eigenvalue weighted by Gasteiger charge is 2.28. The summed E-state index contributed by atoms with van der Waals surface area (Å²) in [7, 11) is 1.81. The van der Waals surface area contributed by atoms with Crippen LogP contribution in [0, 0.1) is 0 Å². The van der Waals surface area contributed by atoms with E-state index in [1.165, 1.54) is 0 Å². The van der Waals surface area contributed by atoms with Gasteiger partial charge in [-0.3, -0.25) is 4.79 Å². The van der Waals surface area contributed by atoms with Crippen molar-refractivity contribution in [3.8, 4) is 0 Å². The van der Waals surface area contributed by atoms with Crippen molar-refractivity contribution in [2.75, 3.05) is 7.05 Å². The van der Waals surface area contributed by atoms with Crippen LogP contribution in [-0.4, -0.2) is 18.4 Å². The Morgan fingerprint density at radius 3 is 2.69 bits per heavy atom. The van der Waals surface area contributed by atoms with E-state index in [0.717, 1.165) is 15.6 Å². The second kappa shape index (κ2) is 4.00. The van der Waals surface area contributed by atoms with E-state index in [-0.39, 0.29) is 5.78 Å². The minimum Gasteiger partial charge on any atom is -0.308 e. The van der Waals surface area contributed by atoms with E-state index in [2.05, 4.69) is 5.32 Å². The maximum absolute atomic E-state index is 12.3. The topological polar surface area (TPSA) is 29.1 Å². The first-order valence-corrected chi connectivity index (χ1v) is 6.14. The number of carbonyl (C=O) groups excluding carboxylic acids is 1. The number of benzene rings is 1. The highest BCUT2D eigenvalue weighted by molar-refractivity contribution is 7.17. The molecule has 0 bridgehead atoms. The quantitative estimate of drug-likeness (QED) is 0.825. The summed E-state index contributed by atoms with van der Waals surface area (Å²) in [6.07, 6.45) is 0. The Morgan fingerprint density at radius 1 is 1.31 bits per heavy atom. The lowest BCUT2D eigenvalue weighted by molar-refractivity contribution is 0.0892. The largest absolute Gasteiger partial charge is 0.308 e. The molecule has 0 aliphatic carbocycles. The summed E-state index contributed by atoms with van der Waals surface area (Å²) in [5.41, 5.74) is 0.309. The van der Waals surface area contributed by atoms with E-state index in [9.17, 15) is 4.79 Å². The lowest BCUT2D eigenvalue weighted by atomic mass is 9.93. The summed E-state index contributed by atoms with van der Waals surface area (Å²) >= 11 is 1.62. The second-order valence-corrected chi connectivity index (χ2v) is 5.26. The molecule has 0 unspecified atom stereocenters. The number of hydrogen-bond acceptors (Lipinski definition) is 3. The minimum atomic E-state index is -0.510. The molecule has 1 heterocycles. The van der Waals surface area contributed by atoms with Crippen molar-refractivity contribution in [2.45, 2.75) is 19.4 Å². The fraction of sp³-hybridized carbons (Fsp3) is 0.308. The number of Topliss-reactive ketones (excluding diaryl/α,β-unsaturated/α-hetero) is 1. The van der Waals surface area contributed by atoms with Crippen LogP contribution in [-0.2, 0) is 0 Å². The van der Waals surface area contributed by atoms with Gasteiger partial charge < -0.3 is 5.32 Å². The Labute approximate surface area is 99.3 Å². The van der Waals surface area contributed by atoms with Crippen molar-refractivity contribution < 1.29 is 4.79 Å². The zero-order chi connectivity index (χ0) is 11.8. The molecule has 1 aromatic carbocycles. The van der Waals surface area contributed by atoms with Crippen molar-refractivity contribution in [3.63, 3.8) is 0 Å². The van der Waals surface area contributed by atoms with Gasteiger partial charge in [0.15, 0.2) is 5.78 Å². The lowest BCUT2D eigenvalue weighted by Crippen LogP contribution is -2.44. The normalized spacial score (nSPS) is 11.9. The van der Waals surface area contributed by atoms with Crippen molar-refractivity contribution in [1.29, 1.82) is 0 Å². The van der Waals surface area contributed by atoms with Gasteiger partial charge in [0.2, 0.25) is 0 Å². The van der Waals surface area contributed by atoms with Crippen LogP contribution in [0.5, 0.6) is 0 Å².